The highest BCUT2D eigenvalue weighted by Gasteiger charge is 2.04. The van der Waals surface area contributed by atoms with Gasteiger partial charge in [0, 0.05) is 38.2 Å². The van der Waals surface area contributed by atoms with Gasteiger partial charge in [-0.25, -0.2) is 0 Å². The summed E-state index contributed by atoms with van der Waals surface area (Å²) in [6.45, 7) is 0. The van der Waals surface area contributed by atoms with Crippen LogP contribution in [0, 0.1) is 0 Å². The lowest BCUT2D eigenvalue weighted by molar-refractivity contribution is 0.163. The van der Waals surface area contributed by atoms with Gasteiger partial charge in [0.1, 0.15) is 9.28 Å². The first-order valence-corrected chi connectivity index (χ1v) is 11.0. The number of rotatable bonds is 4. The highest BCUT2D eigenvalue weighted by Crippen LogP contribution is 1.81. The summed E-state index contributed by atoms with van der Waals surface area (Å²) in [5.41, 5.74) is 0. The minimum Gasteiger partial charge on any atom is -0.431 e. The Morgan fingerprint density at radius 3 is 1.27 bits per heavy atom. The molecule has 11 heavy (non-hydrogen) atoms. The third-order valence-electron chi connectivity index (χ3n) is 0.866. The van der Waals surface area contributed by atoms with Gasteiger partial charge in [-0.15, -0.1) is 0 Å². The lowest BCUT2D eigenvalue weighted by Gasteiger charge is -2.05. The van der Waals surface area contributed by atoms with Gasteiger partial charge in [0.25, 0.3) is 0 Å². The zero-order chi connectivity index (χ0) is 9.11. The van der Waals surface area contributed by atoms with E-state index in [0.717, 1.165) is 0 Å². The summed E-state index contributed by atoms with van der Waals surface area (Å²) in [6, 6.07) is 0. The van der Waals surface area contributed by atoms with E-state index in [-0.39, 0.29) is 9.28 Å². The lowest BCUT2D eigenvalue weighted by atomic mass is 11.8. The van der Waals surface area contributed by atoms with Gasteiger partial charge in [0.15, 0.2) is 0 Å². The van der Waals surface area contributed by atoms with E-state index in [1.54, 1.807) is 28.4 Å². The Bertz CT molecular complexity index is 53.8. The van der Waals surface area contributed by atoms with Gasteiger partial charge in [-0.3, -0.25) is 0 Å². The Hall–Kier alpha value is 0.491. The van der Waals surface area contributed by atoms with Gasteiger partial charge in [0.2, 0.25) is 0 Å². The monoisotopic (exact) mass is 214 g/mol. The molecule has 0 aliphatic carbocycles. The summed E-state index contributed by atoms with van der Waals surface area (Å²) in [6.07, 6.45) is 0. The molecule has 0 heterocycles. The molecule has 0 aromatic carbocycles. The third-order valence-corrected chi connectivity index (χ3v) is 4.33. The minimum absolute atomic E-state index is 0.0633. The molecule has 0 radical (unpaired) electrons. The Balaban J connectivity index is 0. The van der Waals surface area contributed by atoms with Crippen LogP contribution in [-0.4, -0.2) is 57.0 Å². The average Bonchev–Trinajstić information content (AvgIpc) is 2.08. The van der Waals surface area contributed by atoms with Gasteiger partial charge in [0.05, 0.1) is 0 Å². The summed E-state index contributed by atoms with van der Waals surface area (Å²) >= 11 is 0. The molecule has 0 spiro atoms. The molecule has 0 aliphatic rings. The Kier molecular flexibility index (Phi) is 16.7. The quantitative estimate of drug-likeness (QED) is 0.491. The van der Waals surface area contributed by atoms with Crippen LogP contribution >= 0.6 is 0 Å². The van der Waals surface area contributed by atoms with Gasteiger partial charge < -0.3 is 17.7 Å². The molecule has 0 bridgehead atoms. The van der Waals surface area contributed by atoms with Crippen LogP contribution in [0.15, 0.2) is 0 Å². The van der Waals surface area contributed by atoms with E-state index in [1.165, 1.54) is 9.76 Å². The van der Waals surface area contributed by atoms with E-state index in [2.05, 4.69) is 0 Å². The fraction of sp³-hybridized carbons (Fsp3) is 1.00. The molecule has 4 nitrogen and oxygen atoms in total. The molecule has 0 saturated heterocycles. The molecule has 0 fully saturated rings. The lowest BCUT2D eigenvalue weighted by Crippen LogP contribution is -2.21. The summed E-state index contributed by atoms with van der Waals surface area (Å²) < 4.78 is 19.0. The molecule has 0 amide bonds. The van der Waals surface area contributed by atoms with Gasteiger partial charge in [-0.1, -0.05) is 0 Å². The molecule has 0 rings (SSSR count). The zero-order valence-electron chi connectivity index (χ0n) is 7.92. The van der Waals surface area contributed by atoms with Crippen molar-refractivity contribution in [1.82, 2.24) is 0 Å². The average molecular weight is 214 g/mol. The SMILES string of the molecule is CO[SiH2][SiH3].CO[SiH](OC)OC. The van der Waals surface area contributed by atoms with Crippen molar-refractivity contribution in [3.05, 3.63) is 0 Å². The standard InChI is InChI=1S/C3H10O3Si.CH8OSi2/c1-4-7(5-2)6-3;1-2-4-3/h7H,1-3H3;4H2,1,3H3. The highest BCUT2D eigenvalue weighted by atomic mass is 29.1. The van der Waals surface area contributed by atoms with Crippen LogP contribution in [0.5, 0.6) is 0 Å². The molecule has 7 heteroatoms. The van der Waals surface area contributed by atoms with Crippen LogP contribution < -0.4 is 0 Å². The molecule has 70 valence electrons. The topological polar surface area (TPSA) is 36.9 Å². The second-order valence-electron chi connectivity index (χ2n) is 1.57. The molecule has 0 aromatic rings. The van der Waals surface area contributed by atoms with Crippen molar-refractivity contribution in [2.24, 2.45) is 0 Å². The van der Waals surface area contributed by atoms with Crippen LogP contribution in [-0.2, 0) is 17.7 Å². The predicted octanol–water partition coefficient (Wildman–Crippen LogP) is -2.36. The smallest absolute Gasteiger partial charge is 0.431 e. The largest absolute Gasteiger partial charge is 0.483 e. The Morgan fingerprint density at radius 1 is 1.00 bits per heavy atom. The Morgan fingerprint density at radius 2 is 1.27 bits per heavy atom. The molecule has 0 atom stereocenters. The Labute approximate surface area is 75.3 Å². The first kappa shape index (κ1) is 14.0. The third kappa shape index (κ3) is 13.5. The van der Waals surface area contributed by atoms with Gasteiger partial charge >= 0.3 is 9.53 Å². The van der Waals surface area contributed by atoms with Crippen LogP contribution in [0.1, 0.15) is 0 Å². The van der Waals surface area contributed by atoms with E-state index in [4.69, 9.17) is 17.7 Å². The van der Waals surface area contributed by atoms with Crippen LogP contribution in [0.25, 0.3) is 0 Å². The molecule has 0 unspecified atom stereocenters. The van der Waals surface area contributed by atoms with E-state index in [1.807, 2.05) is 0 Å². The zero-order valence-corrected chi connectivity index (χ0v) is 12.5. The minimum atomic E-state index is -1.67. The molecular formula is C4H18O4Si3. The normalized spacial score (nSPS) is 10.6. The maximum atomic E-state index is 4.74. The fourth-order valence-corrected chi connectivity index (χ4v) is 0.866. The fourth-order valence-electron chi connectivity index (χ4n) is 0.289. The van der Waals surface area contributed by atoms with Crippen molar-refractivity contribution in [1.29, 1.82) is 0 Å². The molecule has 0 saturated carbocycles. The first-order valence-electron chi connectivity index (χ1n) is 3.34. The van der Waals surface area contributed by atoms with Crippen LogP contribution in [0.2, 0.25) is 0 Å². The van der Waals surface area contributed by atoms with Crippen molar-refractivity contribution in [2.75, 3.05) is 28.4 Å². The second-order valence-corrected chi connectivity index (χ2v) is 6.45. The summed E-state index contributed by atoms with van der Waals surface area (Å²) in [5.74, 6) is 0. The van der Waals surface area contributed by atoms with Crippen molar-refractivity contribution >= 4 is 28.6 Å². The van der Waals surface area contributed by atoms with Crippen molar-refractivity contribution in [3.63, 3.8) is 0 Å². The maximum Gasteiger partial charge on any atom is 0.483 e. The molecule has 0 aromatic heterocycles. The number of hydrogen-bond donors (Lipinski definition) is 0. The van der Waals surface area contributed by atoms with Gasteiger partial charge in [-0.05, 0) is 0 Å². The summed E-state index contributed by atoms with van der Waals surface area (Å²) in [4.78, 5) is 0. The number of hydrogen-bond acceptors (Lipinski definition) is 4. The summed E-state index contributed by atoms with van der Waals surface area (Å²) in [5, 5.41) is 0. The maximum absolute atomic E-state index is 4.74. The van der Waals surface area contributed by atoms with E-state index in [9.17, 15) is 0 Å². The summed E-state index contributed by atoms with van der Waals surface area (Å²) in [7, 11) is 6.20. The highest BCUT2D eigenvalue weighted by molar-refractivity contribution is 6.85. The van der Waals surface area contributed by atoms with Crippen molar-refractivity contribution in [3.8, 4) is 0 Å². The van der Waals surface area contributed by atoms with E-state index >= 15 is 0 Å². The van der Waals surface area contributed by atoms with E-state index < -0.39 is 9.53 Å². The molecule has 0 aliphatic heterocycles. The van der Waals surface area contributed by atoms with Crippen LogP contribution in [0.3, 0.4) is 0 Å². The first-order chi connectivity index (χ1) is 5.26. The van der Waals surface area contributed by atoms with Crippen LogP contribution in [0.4, 0.5) is 0 Å². The van der Waals surface area contributed by atoms with Crippen molar-refractivity contribution < 1.29 is 17.7 Å². The van der Waals surface area contributed by atoms with E-state index in [0.29, 0.717) is 0 Å². The van der Waals surface area contributed by atoms with Crippen molar-refractivity contribution in [2.45, 2.75) is 0 Å². The molecular weight excluding hydrogens is 196 g/mol. The second kappa shape index (κ2) is 13.1. The molecule has 0 N–H and O–H groups in total. The predicted molar refractivity (Wildman–Crippen MR) is 53.7 cm³/mol. The van der Waals surface area contributed by atoms with Gasteiger partial charge in [-0.2, -0.15) is 0 Å².